The molecule has 0 amide bonds. The van der Waals surface area contributed by atoms with Crippen LogP contribution in [-0.2, 0) is 15.0 Å². The Morgan fingerprint density at radius 1 is 1.17 bits per heavy atom. The molecule has 33 valence electrons. The predicted molar refractivity (Wildman–Crippen MR) is 19.8 cm³/mol. The molecule has 2 nitrogen and oxygen atoms in total. The van der Waals surface area contributed by atoms with Crippen LogP contribution in [-0.4, -0.2) is 10.1 Å². The number of hydrogen-bond acceptors (Lipinski definition) is 2. The van der Waals surface area contributed by atoms with Gasteiger partial charge in [0.05, 0.1) is 0 Å². The van der Waals surface area contributed by atoms with Gasteiger partial charge in [-0.05, 0) is 0 Å². The van der Waals surface area contributed by atoms with Gasteiger partial charge < -0.3 is 0 Å². The van der Waals surface area contributed by atoms with Crippen LogP contribution in [0.2, 0.25) is 0 Å². The molecule has 0 atom stereocenters. The van der Waals surface area contributed by atoms with Gasteiger partial charge in [-0.1, -0.05) is 0 Å². The molecule has 0 aromatic carbocycles. The van der Waals surface area contributed by atoms with Crippen molar-refractivity contribution in [2.75, 3.05) is 0 Å². The summed E-state index contributed by atoms with van der Waals surface area (Å²) < 4.78 is 0. The summed E-state index contributed by atoms with van der Waals surface area (Å²) in [5, 5.41) is 15.1. The van der Waals surface area contributed by atoms with Gasteiger partial charge in [0, 0.05) is 0 Å². The Bertz CT molecular complexity index is 76.7. The number of hydrogen-bond donors (Lipinski definition) is 0. The fraction of sp³-hybridized carbons (Fsp3) is 0. The van der Waals surface area contributed by atoms with Crippen LogP contribution in [0.1, 0.15) is 0 Å². The van der Waals surface area contributed by atoms with Crippen LogP contribution in [0, 0.1) is 20.5 Å². The third kappa shape index (κ3) is 9.38. The molecule has 0 heterocycles. The second-order valence-electron chi connectivity index (χ2n) is 0.210. The van der Waals surface area contributed by atoms with E-state index in [1.54, 1.807) is 9.94 Å². The van der Waals surface area contributed by atoms with E-state index in [0.29, 0.717) is 15.0 Å². The summed E-state index contributed by atoms with van der Waals surface area (Å²) in [6.45, 7) is 0. The van der Waals surface area contributed by atoms with E-state index >= 15 is 0 Å². The quantitative estimate of drug-likeness (QED) is 0.396. The first-order chi connectivity index (χ1) is 2.41. The number of nitriles is 2. The van der Waals surface area contributed by atoms with Crippen LogP contribution < -0.4 is 0 Å². The van der Waals surface area contributed by atoms with Crippen molar-refractivity contribution < 1.29 is 15.0 Å². The molecular weight excluding hydrogens is 125 g/mol. The molecule has 4 heteroatoms. The van der Waals surface area contributed by atoms with Crippen LogP contribution in [0.4, 0.5) is 0 Å². The minimum absolute atomic E-state index is 0. The van der Waals surface area contributed by atoms with Crippen molar-refractivity contribution in [1.82, 2.24) is 0 Å². The fourth-order valence-electron chi connectivity index (χ4n) is 0.0151. The number of rotatable bonds is 0. The molecule has 0 bridgehead atoms. The van der Waals surface area contributed by atoms with Gasteiger partial charge in [0.25, 0.3) is 0 Å². The molecule has 0 saturated heterocycles. The van der Waals surface area contributed by atoms with Gasteiger partial charge in [-0.3, -0.25) is 0 Å². The summed E-state index contributed by atoms with van der Waals surface area (Å²) in [6.07, 6.45) is 0. The summed E-state index contributed by atoms with van der Waals surface area (Å²) in [6, 6.07) is 0. The van der Waals surface area contributed by atoms with Gasteiger partial charge in [-0.15, -0.1) is 0 Å². The summed E-state index contributed by atoms with van der Waals surface area (Å²) in [5.41, 5.74) is 0. The maximum absolute atomic E-state index is 7.55. The molecule has 0 aromatic heterocycles. The van der Waals surface area contributed by atoms with Crippen molar-refractivity contribution >= 4 is 10.1 Å². The summed E-state index contributed by atoms with van der Waals surface area (Å²) >= 11 is 0.646. The first-order valence-electron chi connectivity index (χ1n) is 0.749. The van der Waals surface area contributed by atoms with E-state index in [0.717, 1.165) is 0 Å². The molecule has 0 N–H and O–H groups in total. The molecule has 6 heavy (non-hydrogen) atoms. The Kier molecular flexibility index (Phi) is 13.5. The van der Waals surface area contributed by atoms with Crippen molar-refractivity contribution in [2.24, 2.45) is 0 Å². The number of nitrogens with zero attached hydrogens (tertiary/aromatic N) is 2. The zero-order valence-electron chi connectivity index (χ0n) is 2.20. The average molecular weight is 127 g/mol. The molecule has 0 aliphatic heterocycles. The molecule has 0 unspecified atom stereocenters. The Morgan fingerprint density at radius 2 is 1.50 bits per heavy atom. The van der Waals surface area contributed by atoms with E-state index < -0.39 is 0 Å². The van der Waals surface area contributed by atoms with Gasteiger partial charge in [0.2, 0.25) is 0 Å². The average Bonchev–Trinajstić information content (AvgIpc) is 1.41. The third-order valence-electron chi connectivity index (χ3n) is 0.0674. The second-order valence-corrected chi connectivity index (χ2v) is 0.867. The predicted octanol–water partition coefficient (Wildman–Crippen LogP) is -0.885. The zero-order chi connectivity index (χ0) is 4.12. The van der Waals surface area contributed by atoms with Crippen LogP contribution in [0.5, 0.6) is 0 Å². The fourth-order valence-corrected chi connectivity index (χ4v) is 0.0622. The van der Waals surface area contributed by atoms with Gasteiger partial charge in [0.1, 0.15) is 0 Å². The first-order valence-corrected chi connectivity index (χ1v) is 1.69. The molecule has 0 aromatic rings. The molecule has 0 aliphatic rings. The van der Waals surface area contributed by atoms with Crippen LogP contribution in [0.3, 0.4) is 0 Å². The Balaban J connectivity index is 0. The molecule has 0 radical (unpaired) electrons. The van der Waals surface area contributed by atoms with Gasteiger partial charge in [-0.25, -0.2) is 0 Å². The van der Waals surface area contributed by atoms with Crippen molar-refractivity contribution in [3.63, 3.8) is 0 Å². The van der Waals surface area contributed by atoms with Crippen LogP contribution in [0.25, 0.3) is 0 Å². The molecule has 0 saturated carbocycles. The molecule has 0 spiro atoms. The van der Waals surface area contributed by atoms with Gasteiger partial charge >= 0.3 is 45.5 Å². The Morgan fingerprint density at radius 3 is 1.50 bits per heavy atom. The van der Waals surface area contributed by atoms with E-state index in [2.05, 4.69) is 0 Å². The van der Waals surface area contributed by atoms with E-state index in [4.69, 9.17) is 10.5 Å². The standard InChI is InChI=1S/2CN.Be.Cu.2H/c2*1-2;;;;. The first kappa shape index (κ1) is 9.18. The van der Waals surface area contributed by atoms with Crippen molar-refractivity contribution in [3.05, 3.63) is 0 Å². The topological polar surface area (TPSA) is 47.6 Å². The van der Waals surface area contributed by atoms with Crippen LogP contribution in [0.15, 0.2) is 0 Å². The van der Waals surface area contributed by atoms with Crippen molar-refractivity contribution in [2.45, 2.75) is 0 Å². The van der Waals surface area contributed by atoms with Crippen LogP contribution >= 0.6 is 0 Å². The van der Waals surface area contributed by atoms with Gasteiger partial charge in [-0.2, -0.15) is 0 Å². The van der Waals surface area contributed by atoms with Crippen molar-refractivity contribution in [1.29, 1.82) is 10.5 Å². The summed E-state index contributed by atoms with van der Waals surface area (Å²) in [4.78, 5) is 3.12. The minimum atomic E-state index is 0. The Labute approximate surface area is 46.1 Å². The SMILES string of the molecule is N#[C][Cu][C]#N.[BeH2]. The molecular formula is C2H2BeCuN2. The summed E-state index contributed by atoms with van der Waals surface area (Å²) in [7, 11) is 0. The van der Waals surface area contributed by atoms with E-state index in [1.807, 2.05) is 0 Å². The zero-order valence-corrected chi connectivity index (χ0v) is 3.14. The third-order valence-corrected chi connectivity index (χ3v) is 0.278. The normalized spacial score (nSPS) is 4.33. The van der Waals surface area contributed by atoms with Gasteiger partial charge in [0.15, 0.2) is 0 Å². The summed E-state index contributed by atoms with van der Waals surface area (Å²) in [5.74, 6) is 0. The van der Waals surface area contributed by atoms with E-state index in [9.17, 15) is 0 Å². The second kappa shape index (κ2) is 8.82. The van der Waals surface area contributed by atoms with E-state index in [-0.39, 0.29) is 10.1 Å². The van der Waals surface area contributed by atoms with E-state index in [1.165, 1.54) is 0 Å². The molecule has 0 aliphatic carbocycles. The monoisotopic (exact) mass is 126 g/mol. The maximum atomic E-state index is 7.55. The molecule has 0 fully saturated rings. The van der Waals surface area contributed by atoms with Crippen molar-refractivity contribution in [3.8, 4) is 9.94 Å². The molecule has 0 rings (SSSR count). The Hall–Kier alpha value is -0.332.